The number of aryl methyl sites for hydroxylation is 1. The van der Waals surface area contributed by atoms with Crippen LogP contribution >= 0.6 is 38.5 Å². The van der Waals surface area contributed by atoms with E-state index in [1.807, 2.05) is 41.6 Å². The largest absolute Gasteiger partial charge is 0.468 e. The van der Waals surface area contributed by atoms with E-state index < -0.39 is 0 Å². The summed E-state index contributed by atoms with van der Waals surface area (Å²) in [5, 5.41) is 2.70. The lowest BCUT2D eigenvalue weighted by molar-refractivity contribution is -0.139. The Morgan fingerprint density at radius 3 is 2.78 bits per heavy atom. The monoisotopic (exact) mass is 425 g/mol. The van der Waals surface area contributed by atoms with E-state index in [1.165, 1.54) is 7.11 Å². The molecule has 0 bridgehead atoms. The average Bonchev–Trinajstić information content (AvgIpc) is 2.37. The maximum absolute atomic E-state index is 11.9. The smallest absolute Gasteiger partial charge is 0.320 e. The molecule has 6 heteroatoms. The lowest BCUT2D eigenvalue weighted by Gasteiger charge is -2.10. The number of methoxy groups -OCH3 is 1. The number of alkyl halides is 1. The Bertz CT molecular complexity index is 465. The van der Waals surface area contributed by atoms with E-state index in [9.17, 15) is 9.59 Å². The second-order valence-electron chi connectivity index (χ2n) is 3.68. The number of rotatable bonds is 4. The summed E-state index contributed by atoms with van der Waals surface area (Å²) in [5.41, 5.74) is 1.56. The van der Waals surface area contributed by atoms with Gasteiger partial charge < -0.3 is 10.1 Å². The first-order chi connectivity index (χ1) is 8.45. The Labute approximate surface area is 128 Å². The van der Waals surface area contributed by atoms with Crippen LogP contribution in [-0.2, 0) is 9.53 Å². The van der Waals surface area contributed by atoms with Crippen molar-refractivity contribution in [1.29, 1.82) is 0 Å². The predicted molar refractivity (Wildman–Crippen MR) is 81.0 cm³/mol. The zero-order chi connectivity index (χ0) is 13.7. The molecule has 0 saturated heterocycles. The number of amides is 1. The van der Waals surface area contributed by atoms with Crippen molar-refractivity contribution in [1.82, 2.24) is 5.32 Å². The minimum Gasteiger partial charge on any atom is -0.468 e. The highest BCUT2D eigenvalue weighted by Crippen LogP contribution is 2.18. The van der Waals surface area contributed by atoms with E-state index in [-0.39, 0.29) is 22.3 Å². The predicted octanol–water partition coefficient (Wildman–Crippen LogP) is 2.46. The molecule has 0 aliphatic rings. The van der Waals surface area contributed by atoms with Crippen LogP contribution in [0.4, 0.5) is 0 Å². The van der Waals surface area contributed by atoms with Gasteiger partial charge in [0.1, 0.15) is 3.92 Å². The lowest BCUT2D eigenvalue weighted by atomic mass is 10.1. The Kier molecular flexibility index (Phi) is 6.07. The maximum Gasteiger partial charge on any atom is 0.320 e. The van der Waals surface area contributed by atoms with Crippen molar-refractivity contribution >= 4 is 50.4 Å². The molecule has 1 aromatic rings. The number of hydrogen-bond acceptors (Lipinski definition) is 3. The van der Waals surface area contributed by atoms with Gasteiger partial charge in [0.15, 0.2) is 0 Å². The molecule has 1 unspecified atom stereocenters. The molecule has 0 aliphatic carbocycles. The molecule has 1 atom stereocenters. The van der Waals surface area contributed by atoms with Crippen molar-refractivity contribution < 1.29 is 14.3 Å². The second kappa shape index (κ2) is 7.08. The number of ether oxygens (including phenoxy) is 1. The van der Waals surface area contributed by atoms with Gasteiger partial charge in [-0.2, -0.15) is 0 Å². The molecule has 0 spiro atoms. The third-order valence-electron chi connectivity index (χ3n) is 2.27. The number of halogens is 2. The van der Waals surface area contributed by atoms with E-state index in [0.29, 0.717) is 5.56 Å². The van der Waals surface area contributed by atoms with E-state index in [1.54, 1.807) is 6.07 Å². The molecule has 0 fully saturated rings. The molecule has 0 aliphatic heterocycles. The molecule has 18 heavy (non-hydrogen) atoms. The molecule has 0 heterocycles. The SMILES string of the molecule is COC(=O)C(I)CNC(=O)c1cc(C)ccc1Br. The topological polar surface area (TPSA) is 55.4 Å². The van der Waals surface area contributed by atoms with Gasteiger partial charge in [-0.15, -0.1) is 0 Å². The zero-order valence-electron chi connectivity index (χ0n) is 10.00. The van der Waals surface area contributed by atoms with Gasteiger partial charge in [-0.25, -0.2) is 0 Å². The van der Waals surface area contributed by atoms with E-state index in [2.05, 4.69) is 26.0 Å². The molecule has 1 N–H and O–H groups in total. The first kappa shape index (κ1) is 15.4. The minimum absolute atomic E-state index is 0.212. The summed E-state index contributed by atoms with van der Waals surface area (Å²) in [4.78, 5) is 23.1. The maximum atomic E-state index is 11.9. The fourth-order valence-electron chi connectivity index (χ4n) is 1.30. The molecule has 1 amide bonds. The van der Waals surface area contributed by atoms with Gasteiger partial charge in [-0.3, -0.25) is 9.59 Å². The first-order valence-corrected chi connectivity index (χ1v) is 7.25. The summed E-state index contributed by atoms with van der Waals surface area (Å²) >= 11 is 5.26. The Morgan fingerprint density at radius 1 is 1.50 bits per heavy atom. The van der Waals surface area contributed by atoms with Gasteiger partial charge in [-0.05, 0) is 35.0 Å². The molecule has 4 nitrogen and oxygen atoms in total. The summed E-state index contributed by atoms with van der Waals surface area (Å²) in [6.07, 6.45) is 0. The van der Waals surface area contributed by atoms with Crippen molar-refractivity contribution in [2.24, 2.45) is 0 Å². The molecule has 0 aromatic heterocycles. The van der Waals surface area contributed by atoms with Crippen molar-refractivity contribution in [3.05, 3.63) is 33.8 Å². The van der Waals surface area contributed by atoms with Crippen LogP contribution in [0.15, 0.2) is 22.7 Å². The zero-order valence-corrected chi connectivity index (χ0v) is 13.7. The highest BCUT2D eigenvalue weighted by atomic mass is 127. The number of benzene rings is 1. The van der Waals surface area contributed by atoms with Crippen molar-refractivity contribution in [3.63, 3.8) is 0 Å². The Hall–Kier alpha value is -0.630. The van der Waals surface area contributed by atoms with Gasteiger partial charge in [0.2, 0.25) is 0 Å². The van der Waals surface area contributed by atoms with Gasteiger partial charge in [0, 0.05) is 11.0 Å². The van der Waals surface area contributed by atoms with Crippen molar-refractivity contribution in [3.8, 4) is 0 Å². The summed E-state index contributed by atoms with van der Waals surface area (Å²) in [6, 6.07) is 5.53. The molecular formula is C12H13BrINO3. The van der Waals surface area contributed by atoms with Crippen LogP contribution in [0.25, 0.3) is 0 Å². The van der Waals surface area contributed by atoms with Gasteiger partial charge in [0.05, 0.1) is 12.7 Å². The van der Waals surface area contributed by atoms with E-state index in [0.717, 1.165) is 10.0 Å². The average molecular weight is 426 g/mol. The minimum atomic E-state index is -0.389. The summed E-state index contributed by atoms with van der Waals surface area (Å²) in [7, 11) is 1.33. The fraction of sp³-hybridized carbons (Fsp3) is 0.333. The van der Waals surface area contributed by atoms with Crippen LogP contribution in [0.2, 0.25) is 0 Å². The third kappa shape index (κ3) is 4.24. The molecule has 1 rings (SSSR count). The van der Waals surface area contributed by atoms with Crippen molar-refractivity contribution in [2.45, 2.75) is 10.8 Å². The van der Waals surface area contributed by atoms with Crippen LogP contribution in [0.5, 0.6) is 0 Å². The van der Waals surface area contributed by atoms with Gasteiger partial charge in [0.25, 0.3) is 5.91 Å². The summed E-state index contributed by atoms with van der Waals surface area (Å²) in [6.45, 7) is 2.16. The fourth-order valence-corrected chi connectivity index (χ4v) is 2.20. The van der Waals surface area contributed by atoms with Gasteiger partial charge in [-0.1, -0.05) is 34.2 Å². The van der Waals surface area contributed by atoms with E-state index in [4.69, 9.17) is 0 Å². The van der Waals surface area contributed by atoms with E-state index >= 15 is 0 Å². The van der Waals surface area contributed by atoms with Crippen LogP contribution < -0.4 is 5.32 Å². The number of carbonyl (C=O) groups excluding carboxylic acids is 2. The van der Waals surface area contributed by atoms with Crippen LogP contribution in [0, 0.1) is 6.92 Å². The summed E-state index contributed by atoms with van der Waals surface area (Å²) in [5.74, 6) is -0.560. The van der Waals surface area contributed by atoms with Crippen LogP contribution in [-0.4, -0.2) is 29.5 Å². The molecule has 1 aromatic carbocycles. The number of esters is 1. The molecule has 0 radical (unpaired) electrons. The lowest BCUT2D eigenvalue weighted by Crippen LogP contribution is -2.34. The third-order valence-corrected chi connectivity index (χ3v) is 3.91. The molecule has 98 valence electrons. The Balaban J connectivity index is 2.66. The van der Waals surface area contributed by atoms with Crippen molar-refractivity contribution in [2.75, 3.05) is 13.7 Å². The number of nitrogens with one attached hydrogen (secondary N) is 1. The van der Waals surface area contributed by atoms with Gasteiger partial charge >= 0.3 is 5.97 Å². The van der Waals surface area contributed by atoms with Crippen LogP contribution in [0.3, 0.4) is 0 Å². The molecule has 0 saturated carbocycles. The highest BCUT2D eigenvalue weighted by Gasteiger charge is 2.17. The highest BCUT2D eigenvalue weighted by molar-refractivity contribution is 14.1. The molecular weight excluding hydrogens is 413 g/mol. The standard InChI is InChI=1S/C12H13BrINO3/c1-7-3-4-9(13)8(5-7)11(16)15-6-10(14)12(17)18-2/h3-5,10H,6H2,1-2H3,(H,15,16). The number of hydrogen-bond donors (Lipinski definition) is 1. The van der Waals surface area contributed by atoms with Crippen LogP contribution in [0.1, 0.15) is 15.9 Å². The number of carbonyl (C=O) groups is 2. The summed E-state index contributed by atoms with van der Waals surface area (Å²) < 4.78 is 4.93. The first-order valence-electron chi connectivity index (χ1n) is 5.22. The normalized spacial score (nSPS) is 11.8. The Morgan fingerprint density at radius 2 is 2.17 bits per heavy atom. The quantitative estimate of drug-likeness (QED) is 0.458. The second-order valence-corrected chi connectivity index (χ2v) is 6.04.